The first-order chi connectivity index (χ1) is 12.2. The van der Waals surface area contributed by atoms with Crippen LogP contribution in [0.4, 0.5) is 0 Å². The number of nitrogens with zero attached hydrogens (tertiary/aromatic N) is 2. The minimum Gasteiger partial charge on any atom is -0.344 e. The Kier molecular flexibility index (Phi) is 5.71. The molecule has 0 unspecified atom stereocenters. The van der Waals surface area contributed by atoms with Crippen LogP contribution in [0.15, 0.2) is 29.1 Å². The van der Waals surface area contributed by atoms with Crippen molar-refractivity contribution in [3.63, 3.8) is 0 Å². The zero-order valence-corrected chi connectivity index (χ0v) is 15.0. The van der Waals surface area contributed by atoms with Crippen LogP contribution in [-0.4, -0.2) is 33.5 Å². The van der Waals surface area contributed by atoms with Crippen LogP contribution >= 0.6 is 0 Å². The fourth-order valence-electron chi connectivity index (χ4n) is 2.48. The Morgan fingerprint density at radius 2 is 1.69 bits per heavy atom. The number of nitrogens with one attached hydrogen (secondary N) is 3. The van der Waals surface area contributed by atoms with Gasteiger partial charge < -0.3 is 5.32 Å². The van der Waals surface area contributed by atoms with Crippen molar-refractivity contribution in [1.82, 2.24) is 25.9 Å². The third-order valence-corrected chi connectivity index (χ3v) is 3.78. The molecular weight excluding hydrogens is 338 g/mol. The normalized spacial score (nSPS) is 11.9. The summed E-state index contributed by atoms with van der Waals surface area (Å²) in [7, 11) is 1.44. The van der Waals surface area contributed by atoms with Crippen LogP contribution in [0.2, 0.25) is 0 Å². The number of aryl methyl sites for hydroxylation is 1. The Labute approximate surface area is 149 Å². The highest BCUT2D eigenvalue weighted by molar-refractivity contribution is 6.05. The number of carbonyl (C=O) groups excluding carboxylic acids is 3. The van der Waals surface area contributed by atoms with E-state index in [-0.39, 0.29) is 23.1 Å². The van der Waals surface area contributed by atoms with E-state index in [1.807, 2.05) is 0 Å². The Bertz CT molecular complexity index is 919. The minimum atomic E-state index is -0.794. The van der Waals surface area contributed by atoms with Crippen molar-refractivity contribution in [1.29, 1.82) is 0 Å². The number of rotatable bonds is 4. The molecule has 2 aromatic rings. The molecule has 1 heterocycles. The number of hydrogen-bond donors (Lipinski definition) is 3. The second-order valence-electron chi connectivity index (χ2n) is 6.19. The van der Waals surface area contributed by atoms with Gasteiger partial charge in [-0.05, 0) is 12.0 Å². The third kappa shape index (κ3) is 4.05. The molecule has 1 aromatic heterocycles. The molecule has 0 bridgehead atoms. The number of carbonyl (C=O) groups is 3. The molecule has 9 nitrogen and oxygen atoms in total. The molecule has 0 aliphatic carbocycles. The van der Waals surface area contributed by atoms with Crippen molar-refractivity contribution in [2.24, 2.45) is 13.0 Å². The molecular formula is C17H21N5O4. The molecule has 26 heavy (non-hydrogen) atoms. The van der Waals surface area contributed by atoms with E-state index in [0.717, 1.165) is 4.68 Å². The van der Waals surface area contributed by atoms with Crippen molar-refractivity contribution in [3.8, 4) is 0 Å². The molecule has 3 amide bonds. The summed E-state index contributed by atoms with van der Waals surface area (Å²) < 4.78 is 1.06. The summed E-state index contributed by atoms with van der Waals surface area (Å²) in [5.74, 6) is -1.75. The Morgan fingerprint density at radius 3 is 2.27 bits per heavy atom. The molecule has 0 saturated heterocycles. The first-order valence-corrected chi connectivity index (χ1v) is 8.05. The van der Waals surface area contributed by atoms with E-state index in [0.29, 0.717) is 10.8 Å². The number of hydrogen-bond acceptors (Lipinski definition) is 5. The van der Waals surface area contributed by atoms with E-state index in [1.165, 1.54) is 14.0 Å². The first-order valence-electron chi connectivity index (χ1n) is 8.05. The zero-order valence-electron chi connectivity index (χ0n) is 15.0. The number of benzene rings is 1. The maximum atomic E-state index is 12.5. The van der Waals surface area contributed by atoms with Gasteiger partial charge in [0.1, 0.15) is 6.04 Å². The lowest BCUT2D eigenvalue weighted by Gasteiger charge is -2.21. The van der Waals surface area contributed by atoms with Crippen molar-refractivity contribution >= 4 is 28.5 Å². The third-order valence-electron chi connectivity index (χ3n) is 3.78. The Morgan fingerprint density at radius 1 is 1.08 bits per heavy atom. The van der Waals surface area contributed by atoms with Gasteiger partial charge in [-0.3, -0.25) is 30.0 Å². The molecule has 0 fully saturated rings. The second kappa shape index (κ2) is 7.77. The predicted molar refractivity (Wildman–Crippen MR) is 95.0 cm³/mol. The van der Waals surface area contributed by atoms with E-state index in [4.69, 9.17) is 0 Å². The molecule has 0 aliphatic rings. The van der Waals surface area contributed by atoms with Crippen LogP contribution in [0, 0.1) is 5.92 Å². The van der Waals surface area contributed by atoms with Gasteiger partial charge in [-0.25, -0.2) is 4.68 Å². The molecule has 1 aromatic carbocycles. The van der Waals surface area contributed by atoms with Crippen molar-refractivity contribution in [3.05, 3.63) is 40.3 Å². The topological polar surface area (TPSA) is 122 Å². The summed E-state index contributed by atoms with van der Waals surface area (Å²) in [4.78, 5) is 48.0. The molecule has 9 heteroatoms. The van der Waals surface area contributed by atoms with Crippen molar-refractivity contribution in [2.45, 2.75) is 26.8 Å². The Hall–Kier alpha value is -3.23. The van der Waals surface area contributed by atoms with Crippen molar-refractivity contribution in [2.75, 3.05) is 0 Å². The Balaban J connectivity index is 2.22. The van der Waals surface area contributed by atoms with Crippen molar-refractivity contribution < 1.29 is 14.4 Å². The quantitative estimate of drug-likeness (QED) is 0.656. The summed E-state index contributed by atoms with van der Waals surface area (Å²) in [5, 5.41) is 7.23. The summed E-state index contributed by atoms with van der Waals surface area (Å²) in [5.41, 5.74) is 4.24. The van der Waals surface area contributed by atoms with E-state index in [9.17, 15) is 19.2 Å². The molecule has 2 rings (SSSR count). The lowest BCUT2D eigenvalue weighted by molar-refractivity contribution is -0.129. The molecule has 1 atom stereocenters. The van der Waals surface area contributed by atoms with E-state index in [2.05, 4.69) is 21.3 Å². The van der Waals surface area contributed by atoms with Gasteiger partial charge in [-0.2, -0.15) is 5.10 Å². The van der Waals surface area contributed by atoms with Gasteiger partial charge in [0, 0.05) is 19.4 Å². The fraction of sp³-hybridized carbons (Fsp3) is 0.353. The van der Waals surface area contributed by atoms with Gasteiger partial charge in [0.2, 0.25) is 5.91 Å². The SMILES string of the molecule is CC(=O)N[C@@H](C(=O)NNC(=O)c1nn(C)c(=O)c2ccccc12)C(C)C. The minimum absolute atomic E-state index is 0.00336. The molecule has 138 valence electrons. The van der Waals surface area contributed by atoms with Gasteiger partial charge in [0.25, 0.3) is 17.4 Å². The summed E-state index contributed by atoms with van der Waals surface area (Å²) >= 11 is 0. The number of aromatic nitrogens is 2. The van der Waals surface area contributed by atoms with Crippen LogP contribution < -0.4 is 21.7 Å². The first kappa shape index (κ1) is 19.1. The highest BCUT2D eigenvalue weighted by atomic mass is 16.2. The lowest BCUT2D eigenvalue weighted by atomic mass is 10.0. The number of amides is 3. The predicted octanol–water partition coefficient (Wildman–Crippen LogP) is -0.145. The average molecular weight is 359 g/mol. The highest BCUT2D eigenvalue weighted by Crippen LogP contribution is 2.12. The number of hydrazine groups is 1. The van der Waals surface area contributed by atoms with E-state index in [1.54, 1.807) is 38.1 Å². The summed E-state index contributed by atoms with van der Waals surface area (Å²) in [6.45, 7) is 4.84. The average Bonchev–Trinajstić information content (AvgIpc) is 2.60. The largest absolute Gasteiger partial charge is 0.344 e. The van der Waals surface area contributed by atoms with Gasteiger partial charge in [0.05, 0.1) is 5.39 Å². The van der Waals surface area contributed by atoms with Crippen LogP contribution in [0.25, 0.3) is 10.8 Å². The van der Waals surface area contributed by atoms with Gasteiger partial charge in [-0.1, -0.05) is 32.0 Å². The van der Waals surface area contributed by atoms with Crippen LogP contribution in [0.1, 0.15) is 31.3 Å². The number of fused-ring (bicyclic) bond motifs is 1. The smallest absolute Gasteiger partial charge is 0.290 e. The van der Waals surface area contributed by atoms with Crippen LogP contribution in [0.5, 0.6) is 0 Å². The fourth-order valence-corrected chi connectivity index (χ4v) is 2.48. The molecule has 0 radical (unpaired) electrons. The molecule has 0 spiro atoms. The second-order valence-corrected chi connectivity index (χ2v) is 6.19. The lowest BCUT2D eigenvalue weighted by Crippen LogP contribution is -2.54. The summed E-state index contributed by atoms with van der Waals surface area (Å²) in [6.07, 6.45) is 0. The van der Waals surface area contributed by atoms with Crippen LogP contribution in [-0.2, 0) is 16.6 Å². The maximum Gasteiger partial charge on any atom is 0.290 e. The monoisotopic (exact) mass is 359 g/mol. The molecule has 0 saturated carbocycles. The maximum absolute atomic E-state index is 12.5. The molecule has 0 aliphatic heterocycles. The molecule has 3 N–H and O–H groups in total. The van der Waals surface area contributed by atoms with Gasteiger partial charge in [0.15, 0.2) is 5.69 Å². The van der Waals surface area contributed by atoms with Gasteiger partial charge >= 0.3 is 0 Å². The summed E-state index contributed by atoms with van der Waals surface area (Å²) in [6, 6.07) is 5.78. The van der Waals surface area contributed by atoms with Gasteiger partial charge in [-0.15, -0.1) is 0 Å². The van der Waals surface area contributed by atoms with E-state index < -0.39 is 17.9 Å². The van der Waals surface area contributed by atoms with E-state index >= 15 is 0 Å². The zero-order chi connectivity index (χ0) is 19.4. The standard InChI is InChI=1S/C17H21N5O4/c1-9(2)13(18-10(3)23)15(24)19-20-16(25)14-11-7-5-6-8-12(11)17(26)22(4)21-14/h5-9,13H,1-4H3,(H,18,23)(H,19,24)(H,20,25)/t13-/m1/s1. The highest BCUT2D eigenvalue weighted by Gasteiger charge is 2.24. The van der Waals surface area contributed by atoms with Crippen LogP contribution in [0.3, 0.4) is 0 Å².